The van der Waals surface area contributed by atoms with Crippen LogP contribution in [0.15, 0.2) is 64.1 Å². The first-order valence-electron chi connectivity index (χ1n) is 8.36. The van der Waals surface area contributed by atoms with E-state index in [-0.39, 0.29) is 10.6 Å². The number of aliphatic imine (C=N–C) groups is 1. The molecule has 5 nitrogen and oxygen atoms in total. The molecule has 1 N–H and O–H groups in total. The maximum absolute atomic E-state index is 11.8. The quantitative estimate of drug-likeness (QED) is 0.698. The fraction of sp³-hybridized carbons (Fsp3) is 0.150. The van der Waals surface area contributed by atoms with Crippen LogP contribution in [0.25, 0.3) is 0 Å². The highest BCUT2D eigenvalue weighted by molar-refractivity contribution is 8.18. The Morgan fingerprint density at radius 1 is 1.14 bits per heavy atom. The maximum Gasteiger partial charge on any atom is 0.344 e. The van der Waals surface area contributed by atoms with E-state index in [1.165, 1.54) is 0 Å². The van der Waals surface area contributed by atoms with Crippen LogP contribution in [-0.2, 0) is 15.1 Å². The van der Waals surface area contributed by atoms with E-state index in [2.05, 4.69) is 0 Å². The van der Waals surface area contributed by atoms with Gasteiger partial charge in [-0.3, -0.25) is 4.79 Å². The molecule has 0 saturated heterocycles. The zero-order valence-corrected chi connectivity index (χ0v) is 16.9. The van der Waals surface area contributed by atoms with Gasteiger partial charge in [0.05, 0.1) is 6.04 Å². The lowest BCUT2D eigenvalue weighted by Crippen LogP contribution is -2.35. The lowest BCUT2D eigenvalue weighted by atomic mass is 9.81. The highest BCUT2D eigenvalue weighted by Gasteiger charge is 2.52. The fourth-order valence-electron chi connectivity index (χ4n) is 3.63. The van der Waals surface area contributed by atoms with E-state index in [0.29, 0.717) is 21.5 Å². The number of carboxylic acid groups (broad SMARTS) is 1. The smallest absolute Gasteiger partial charge is 0.344 e. The van der Waals surface area contributed by atoms with E-state index in [9.17, 15) is 14.7 Å². The van der Waals surface area contributed by atoms with Crippen molar-refractivity contribution in [2.75, 3.05) is 0 Å². The molecule has 0 aromatic heterocycles. The third kappa shape index (κ3) is 2.92. The Balaban J connectivity index is 1.91. The van der Waals surface area contributed by atoms with Crippen LogP contribution in [0, 0.1) is 0 Å². The number of halogens is 2. The Morgan fingerprint density at radius 2 is 1.71 bits per heavy atom. The van der Waals surface area contributed by atoms with Crippen molar-refractivity contribution in [3.05, 3.63) is 80.3 Å². The van der Waals surface area contributed by atoms with E-state index < -0.39 is 17.6 Å². The second-order valence-electron chi connectivity index (χ2n) is 6.61. The number of rotatable bonds is 4. The van der Waals surface area contributed by atoms with Gasteiger partial charge in [0, 0.05) is 10.0 Å². The van der Waals surface area contributed by atoms with Gasteiger partial charge < -0.3 is 10.0 Å². The molecule has 2 aliphatic heterocycles. The molecular weight excluding hydrogens is 419 g/mol. The van der Waals surface area contributed by atoms with Gasteiger partial charge in [0.1, 0.15) is 16.1 Å². The van der Waals surface area contributed by atoms with Gasteiger partial charge in [-0.15, -0.1) is 0 Å². The molecule has 142 valence electrons. The Labute approximate surface area is 175 Å². The predicted octanol–water partition coefficient (Wildman–Crippen LogP) is 4.86. The summed E-state index contributed by atoms with van der Waals surface area (Å²) in [6.07, 6.45) is 0.579. The molecule has 0 amide bonds. The summed E-state index contributed by atoms with van der Waals surface area (Å²) in [5.41, 5.74) is 1.13. The van der Waals surface area contributed by atoms with E-state index in [4.69, 9.17) is 28.2 Å². The van der Waals surface area contributed by atoms with Gasteiger partial charge in [-0.2, -0.15) is 0 Å². The van der Waals surface area contributed by atoms with Crippen LogP contribution in [0.4, 0.5) is 0 Å². The van der Waals surface area contributed by atoms with Crippen molar-refractivity contribution in [3.63, 3.8) is 0 Å². The van der Waals surface area contributed by atoms with E-state index in [0.717, 1.165) is 22.9 Å². The second kappa shape index (κ2) is 6.95. The van der Waals surface area contributed by atoms with Crippen molar-refractivity contribution in [2.45, 2.75) is 18.5 Å². The Kier molecular flexibility index (Phi) is 4.73. The number of nitrogens with zero attached hydrogens (tertiary/aromatic N) is 2. The maximum atomic E-state index is 11.8. The molecule has 0 spiro atoms. The van der Waals surface area contributed by atoms with Gasteiger partial charge in [-0.1, -0.05) is 47.5 Å². The highest BCUT2D eigenvalue weighted by atomic mass is 35.5. The lowest BCUT2D eigenvalue weighted by Gasteiger charge is -2.35. The molecule has 2 aromatic rings. The molecule has 8 heteroatoms. The second-order valence-corrected chi connectivity index (χ2v) is 8.46. The van der Waals surface area contributed by atoms with Crippen molar-refractivity contribution in [1.29, 1.82) is 0 Å². The molecule has 0 unspecified atom stereocenters. The molecule has 0 bridgehead atoms. The van der Waals surface area contributed by atoms with E-state index in [1.54, 1.807) is 29.2 Å². The van der Waals surface area contributed by atoms with Crippen LogP contribution in [0.3, 0.4) is 0 Å². The molecular formula is C20H14Cl2N2O3S. The number of aliphatic carboxylic acids is 1. The molecule has 0 radical (unpaired) electrons. The Hall–Kier alpha value is -2.28. The van der Waals surface area contributed by atoms with Crippen LogP contribution < -0.4 is 0 Å². The van der Waals surface area contributed by atoms with Gasteiger partial charge in [0.25, 0.3) is 0 Å². The molecule has 28 heavy (non-hydrogen) atoms. The molecule has 0 saturated carbocycles. The number of hydrogen-bond donors (Lipinski definition) is 1. The number of carbonyl (C=O) groups excluding carboxylic acids is 1. The molecule has 2 aromatic carbocycles. The monoisotopic (exact) mass is 432 g/mol. The number of fused-ring (bicyclic) bond motifs is 1. The average Bonchev–Trinajstić information content (AvgIpc) is 3.15. The summed E-state index contributed by atoms with van der Waals surface area (Å²) in [5.74, 6) is -1.15. The van der Waals surface area contributed by atoms with Crippen molar-refractivity contribution in [1.82, 2.24) is 4.90 Å². The first-order valence-corrected chi connectivity index (χ1v) is 9.93. The minimum atomic E-state index is -1.15. The van der Waals surface area contributed by atoms with E-state index in [1.807, 2.05) is 31.2 Å². The minimum Gasteiger partial charge on any atom is -0.477 e. The molecule has 2 heterocycles. The number of carboxylic acids is 1. The molecule has 2 aliphatic rings. The van der Waals surface area contributed by atoms with Gasteiger partial charge in [0.2, 0.25) is 0 Å². The summed E-state index contributed by atoms with van der Waals surface area (Å²) in [7, 11) is 0. The number of aldehydes is 1. The van der Waals surface area contributed by atoms with Crippen LogP contribution in [0.2, 0.25) is 10.0 Å². The zero-order valence-electron chi connectivity index (χ0n) is 14.6. The van der Waals surface area contributed by atoms with Crippen LogP contribution in [0.1, 0.15) is 24.1 Å². The third-order valence-electron chi connectivity index (χ3n) is 4.93. The van der Waals surface area contributed by atoms with E-state index >= 15 is 0 Å². The number of carbonyl (C=O) groups is 2. The fourth-order valence-corrected chi connectivity index (χ4v) is 4.94. The standard InChI is InChI=1S/C20H14Cl2N2O3S/c1-20(12-4-8-14(22)9-5-12)17(11-2-6-13(21)7-3-11)24-15(10-25)16(18(26)27)28-19(24)23-20/h2-10,17H,1H3,(H,26,27)/t17-,20+/m1/s1. The first kappa shape index (κ1) is 19.1. The van der Waals surface area contributed by atoms with Crippen molar-refractivity contribution >= 4 is 52.4 Å². The minimum absolute atomic E-state index is 0.0223. The summed E-state index contributed by atoms with van der Waals surface area (Å²) in [5, 5.41) is 11.2. The van der Waals surface area contributed by atoms with Crippen molar-refractivity contribution in [2.24, 2.45) is 4.99 Å². The summed E-state index contributed by atoms with van der Waals surface area (Å²) in [4.78, 5) is 30.0. The SMILES string of the molecule is C[C@@]1(c2ccc(Cl)cc2)N=C2SC(C(=O)O)=C(C=O)N2[C@@H]1c1ccc(Cl)cc1. The Bertz CT molecular complexity index is 1030. The molecule has 4 rings (SSSR count). The zero-order chi connectivity index (χ0) is 20.1. The average molecular weight is 433 g/mol. The van der Waals surface area contributed by atoms with Gasteiger partial charge in [0.15, 0.2) is 11.5 Å². The van der Waals surface area contributed by atoms with Crippen molar-refractivity contribution < 1.29 is 14.7 Å². The number of allylic oxidation sites excluding steroid dienone is 1. The van der Waals surface area contributed by atoms with Gasteiger partial charge in [-0.05, 0) is 54.1 Å². The summed E-state index contributed by atoms with van der Waals surface area (Å²) in [6.45, 7) is 1.96. The lowest BCUT2D eigenvalue weighted by molar-refractivity contribution is -0.132. The van der Waals surface area contributed by atoms with Crippen LogP contribution in [-0.4, -0.2) is 27.4 Å². The van der Waals surface area contributed by atoms with Gasteiger partial charge in [-0.25, -0.2) is 9.79 Å². The van der Waals surface area contributed by atoms with Crippen molar-refractivity contribution in [3.8, 4) is 0 Å². The number of hydrogen-bond acceptors (Lipinski definition) is 5. The molecule has 0 aliphatic carbocycles. The molecule has 0 fully saturated rings. The normalized spacial score (nSPS) is 23.6. The third-order valence-corrected chi connectivity index (χ3v) is 6.49. The predicted molar refractivity (Wildman–Crippen MR) is 111 cm³/mol. The topological polar surface area (TPSA) is 70.0 Å². The number of thioether (sulfide) groups is 1. The number of amidine groups is 1. The largest absolute Gasteiger partial charge is 0.477 e. The molecule has 2 atom stereocenters. The summed E-state index contributed by atoms with van der Waals surface area (Å²) in [6, 6.07) is 14.2. The summed E-state index contributed by atoms with van der Waals surface area (Å²) < 4.78 is 0. The summed E-state index contributed by atoms with van der Waals surface area (Å²) >= 11 is 13.1. The highest BCUT2D eigenvalue weighted by Crippen LogP contribution is 2.54. The Morgan fingerprint density at radius 3 is 2.25 bits per heavy atom. The number of benzene rings is 2. The van der Waals surface area contributed by atoms with Crippen LogP contribution in [0.5, 0.6) is 0 Å². The van der Waals surface area contributed by atoms with Crippen LogP contribution >= 0.6 is 35.0 Å². The first-order chi connectivity index (χ1) is 13.3. The van der Waals surface area contributed by atoms with Gasteiger partial charge >= 0.3 is 5.97 Å².